The van der Waals surface area contributed by atoms with Gasteiger partial charge in [-0.25, -0.2) is 19.2 Å². The number of carbonyl (C=O) groups excluding carboxylic acids is 2. The third-order valence-electron chi connectivity index (χ3n) is 2.78. The van der Waals surface area contributed by atoms with Crippen LogP contribution in [0.1, 0.15) is 42.2 Å². The first kappa shape index (κ1) is 28.3. The number of hydrogen-bond acceptors (Lipinski definition) is 12. The predicted octanol–water partition coefficient (Wildman–Crippen LogP) is -0.775. The van der Waals surface area contributed by atoms with Crippen molar-refractivity contribution in [3.63, 3.8) is 0 Å². The fraction of sp³-hybridized carbons (Fsp3) is 0.333. The minimum Gasteiger partial charge on any atom is -0.475 e. The molecule has 178 valence electrons. The van der Waals surface area contributed by atoms with E-state index in [4.69, 9.17) is 35.1 Å². The molecule has 2 heterocycles. The van der Waals surface area contributed by atoms with Crippen LogP contribution >= 0.6 is 0 Å². The minimum absolute atomic E-state index is 0.125. The summed E-state index contributed by atoms with van der Waals surface area (Å²) in [5, 5.41) is 48.7. The van der Waals surface area contributed by atoms with E-state index in [1.807, 2.05) is 0 Å². The van der Waals surface area contributed by atoms with Gasteiger partial charge in [-0.1, -0.05) is 0 Å². The van der Waals surface area contributed by atoms with Gasteiger partial charge in [-0.2, -0.15) is 0 Å². The average Bonchev–Trinajstić information content (AvgIpc) is 3.47. The molecule has 6 N–H and O–H groups in total. The Balaban J connectivity index is 0.000000547. The number of carbonyl (C=O) groups is 4. The zero-order chi connectivity index (χ0) is 24.5. The van der Waals surface area contributed by atoms with E-state index in [9.17, 15) is 19.2 Å². The van der Waals surface area contributed by atoms with Crippen molar-refractivity contribution in [2.75, 3.05) is 39.6 Å². The smallest absolute Gasteiger partial charge is 0.374 e. The Morgan fingerprint density at radius 1 is 0.594 bits per heavy atom. The van der Waals surface area contributed by atoms with Crippen LogP contribution in [0.4, 0.5) is 0 Å². The van der Waals surface area contributed by atoms with Gasteiger partial charge in [0.1, 0.15) is 13.2 Å². The van der Waals surface area contributed by atoms with Crippen molar-refractivity contribution >= 4 is 23.9 Å². The topological polar surface area (TPSA) is 234 Å². The maximum atomic E-state index is 11.2. The van der Waals surface area contributed by atoms with Gasteiger partial charge in [-0.3, -0.25) is 0 Å². The van der Waals surface area contributed by atoms with Gasteiger partial charge in [0, 0.05) is 0 Å². The lowest BCUT2D eigenvalue weighted by molar-refractivity contribution is 0.0362. The highest BCUT2D eigenvalue weighted by Crippen LogP contribution is 2.10. The van der Waals surface area contributed by atoms with Crippen molar-refractivity contribution < 1.29 is 68.1 Å². The number of esters is 2. The summed E-state index contributed by atoms with van der Waals surface area (Å²) < 4.78 is 18.4. The van der Waals surface area contributed by atoms with Crippen LogP contribution in [0.25, 0.3) is 0 Å². The molecule has 0 spiro atoms. The fourth-order valence-electron chi connectivity index (χ4n) is 1.54. The summed E-state index contributed by atoms with van der Waals surface area (Å²) in [5.41, 5.74) is 0. The first-order valence-electron chi connectivity index (χ1n) is 8.65. The third kappa shape index (κ3) is 10.9. The second kappa shape index (κ2) is 16.0. The van der Waals surface area contributed by atoms with E-state index in [-0.39, 0.29) is 62.7 Å². The highest BCUT2D eigenvalue weighted by molar-refractivity contribution is 5.91. The van der Waals surface area contributed by atoms with E-state index in [0.29, 0.717) is 0 Å². The minimum atomic E-state index is -1.28. The van der Waals surface area contributed by atoms with Crippen molar-refractivity contribution in [1.82, 2.24) is 0 Å². The SMILES string of the molecule is O=C(O)c1ccc(C(=O)O)o1.O=C(OCCO)c1ccc(C(=O)OCCO)o1.OCCO. The number of ether oxygens (including phenoxy) is 2. The number of hydrogen-bond donors (Lipinski definition) is 6. The summed E-state index contributed by atoms with van der Waals surface area (Å²) in [6.07, 6.45) is 0. The lowest BCUT2D eigenvalue weighted by atomic mass is 10.4. The van der Waals surface area contributed by atoms with Gasteiger partial charge in [-0.15, -0.1) is 0 Å². The molecule has 0 aliphatic rings. The zero-order valence-corrected chi connectivity index (χ0v) is 16.5. The summed E-state index contributed by atoms with van der Waals surface area (Å²) in [4.78, 5) is 42.8. The molecule has 14 heteroatoms. The van der Waals surface area contributed by atoms with Crippen LogP contribution in [0.5, 0.6) is 0 Å². The molecule has 0 aliphatic heterocycles. The molecule has 0 atom stereocenters. The molecule has 2 aromatic rings. The van der Waals surface area contributed by atoms with Crippen LogP contribution < -0.4 is 0 Å². The van der Waals surface area contributed by atoms with Gasteiger partial charge in [0.25, 0.3) is 0 Å². The molecule has 0 bridgehead atoms. The van der Waals surface area contributed by atoms with Gasteiger partial charge in [-0.05, 0) is 24.3 Å². The Morgan fingerprint density at radius 2 is 0.906 bits per heavy atom. The molecule has 0 amide bonds. The number of aliphatic hydroxyl groups excluding tert-OH is 4. The summed E-state index contributed by atoms with van der Waals surface area (Å²) in [7, 11) is 0. The Labute approximate surface area is 179 Å². The van der Waals surface area contributed by atoms with Crippen molar-refractivity contribution in [1.29, 1.82) is 0 Å². The first-order valence-corrected chi connectivity index (χ1v) is 8.65. The maximum absolute atomic E-state index is 11.2. The number of rotatable bonds is 9. The van der Waals surface area contributed by atoms with Gasteiger partial charge in [0.05, 0.1) is 26.4 Å². The lowest BCUT2D eigenvalue weighted by Crippen LogP contribution is -2.09. The van der Waals surface area contributed by atoms with Crippen LogP contribution in [-0.4, -0.2) is 94.2 Å². The van der Waals surface area contributed by atoms with Gasteiger partial charge in [0.15, 0.2) is 0 Å². The molecule has 0 aliphatic carbocycles. The predicted molar refractivity (Wildman–Crippen MR) is 100 cm³/mol. The van der Waals surface area contributed by atoms with Crippen molar-refractivity contribution in [3.05, 3.63) is 47.3 Å². The molecule has 32 heavy (non-hydrogen) atoms. The van der Waals surface area contributed by atoms with Crippen molar-refractivity contribution in [3.8, 4) is 0 Å². The normalized spacial score (nSPS) is 9.50. The Bertz CT molecular complexity index is 784. The molecule has 2 rings (SSSR count). The fourth-order valence-corrected chi connectivity index (χ4v) is 1.54. The Morgan fingerprint density at radius 3 is 1.16 bits per heavy atom. The number of aliphatic hydroxyl groups is 4. The third-order valence-corrected chi connectivity index (χ3v) is 2.78. The number of aromatic carboxylic acids is 2. The molecule has 14 nitrogen and oxygen atoms in total. The van der Waals surface area contributed by atoms with Crippen LogP contribution in [0.15, 0.2) is 33.1 Å². The van der Waals surface area contributed by atoms with E-state index in [1.54, 1.807) is 0 Å². The summed E-state index contributed by atoms with van der Waals surface area (Å²) in [6, 6.07) is 4.70. The van der Waals surface area contributed by atoms with Crippen molar-refractivity contribution in [2.24, 2.45) is 0 Å². The van der Waals surface area contributed by atoms with E-state index in [1.165, 1.54) is 12.1 Å². The van der Waals surface area contributed by atoms with Gasteiger partial charge in [0.2, 0.25) is 23.0 Å². The largest absolute Gasteiger partial charge is 0.475 e. The van der Waals surface area contributed by atoms with Crippen LogP contribution in [0, 0.1) is 0 Å². The Hall–Kier alpha value is -3.72. The van der Waals surface area contributed by atoms with Crippen LogP contribution in [0.2, 0.25) is 0 Å². The molecular formula is C18H22O14. The number of carboxylic acids is 2. The molecular weight excluding hydrogens is 440 g/mol. The van der Waals surface area contributed by atoms with E-state index >= 15 is 0 Å². The molecule has 0 saturated heterocycles. The molecule has 0 aromatic carbocycles. The number of carboxylic acid groups (broad SMARTS) is 2. The molecule has 0 unspecified atom stereocenters. The van der Waals surface area contributed by atoms with Gasteiger partial charge >= 0.3 is 23.9 Å². The molecule has 2 aromatic heterocycles. The van der Waals surface area contributed by atoms with E-state index in [2.05, 4.69) is 13.9 Å². The highest BCUT2D eigenvalue weighted by atomic mass is 16.6. The quantitative estimate of drug-likeness (QED) is 0.251. The van der Waals surface area contributed by atoms with Crippen LogP contribution in [-0.2, 0) is 9.47 Å². The highest BCUT2D eigenvalue weighted by Gasteiger charge is 2.17. The van der Waals surface area contributed by atoms with E-state index < -0.39 is 23.9 Å². The Kier molecular flexibility index (Phi) is 14.2. The zero-order valence-electron chi connectivity index (χ0n) is 16.5. The van der Waals surface area contributed by atoms with Crippen LogP contribution in [0.3, 0.4) is 0 Å². The summed E-state index contributed by atoms with van der Waals surface area (Å²) in [5.74, 6) is -5.18. The standard InChI is InChI=1S/C10H12O7.C6H4O5.C2H6O2/c11-3-5-15-9(13)7-1-2-8(17-7)10(14)16-6-4-12;7-5(8)3-1-2-4(11-3)6(9)10;3-1-2-4/h1-2,11-12H,3-6H2;1-2H,(H,7,8)(H,9,10);3-4H,1-2H2. The lowest BCUT2D eigenvalue weighted by Gasteiger charge is -2.00. The van der Waals surface area contributed by atoms with E-state index in [0.717, 1.165) is 12.1 Å². The first-order chi connectivity index (χ1) is 15.2. The monoisotopic (exact) mass is 462 g/mol. The second-order valence-corrected chi connectivity index (χ2v) is 5.10. The number of furan rings is 2. The summed E-state index contributed by atoms with van der Waals surface area (Å²) >= 11 is 0. The second-order valence-electron chi connectivity index (χ2n) is 5.10. The van der Waals surface area contributed by atoms with Crippen molar-refractivity contribution in [2.45, 2.75) is 0 Å². The molecule has 0 fully saturated rings. The maximum Gasteiger partial charge on any atom is 0.374 e. The molecule has 0 saturated carbocycles. The average molecular weight is 462 g/mol. The molecule has 0 radical (unpaired) electrons. The summed E-state index contributed by atoms with van der Waals surface area (Å²) in [6.45, 7) is -1.14. The van der Waals surface area contributed by atoms with Gasteiger partial charge < -0.3 is 48.9 Å².